The van der Waals surface area contributed by atoms with Gasteiger partial charge in [-0.25, -0.2) is 9.79 Å². The van der Waals surface area contributed by atoms with Crippen LogP contribution < -0.4 is 0 Å². The maximum absolute atomic E-state index is 11.9. The lowest BCUT2D eigenvalue weighted by atomic mass is 10.1. The monoisotopic (exact) mass is 341 g/mol. The van der Waals surface area contributed by atoms with E-state index in [0.717, 1.165) is 21.2 Å². The Kier molecular flexibility index (Phi) is 3.71. The fraction of sp³-hybridized carbons (Fsp3) is 0.0588. The van der Waals surface area contributed by atoms with E-state index in [-0.39, 0.29) is 0 Å². The largest absolute Gasteiger partial charge is 0.402 e. The highest BCUT2D eigenvalue weighted by atomic mass is 79.9. The zero-order chi connectivity index (χ0) is 14.8. The molecule has 0 bridgehead atoms. The fourth-order valence-electron chi connectivity index (χ4n) is 1.98. The van der Waals surface area contributed by atoms with Crippen molar-refractivity contribution in [1.29, 1.82) is 0 Å². The van der Waals surface area contributed by atoms with Crippen molar-refractivity contribution in [2.75, 3.05) is 0 Å². The van der Waals surface area contributed by atoms with Gasteiger partial charge in [0.2, 0.25) is 5.90 Å². The summed E-state index contributed by atoms with van der Waals surface area (Å²) in [4.78, 5) is 16.2. The molecule has 0 N–H and O–H groups in total. The molecule has 0 aliphatic carbocycles. The Bertz CT molecular complexity index is 761. The first-order chi connectivity index (χ1) is 10.1. The number of esters is 1. The van der Waals surface area contributed by atoms with Gasteiger partial charge in [0.1, 0.15) is 0 Å². The van der Waals surface area contributed by atoms with Crippen LogP contribution in [0, 0.1) is 6.92 Å². The number of aryl methyl sites for hydroxylation is 1. The van der Waals surface area contributed by atoms with Gasteiger partial charge in [0.05, 0.1) is 0 Å². The maximum atomic E-state index is 11.9. The number of nitrogens with zero attached hydrogens (tertiary/aromatic N) is 1. The van der Waals surface area contributed by atoms with Gasteiger partial charge >= 0.3 is 5.97 Å². The average Bonchev–Trinajstić information content (AvgIpc) is 2.81. The van der Waals surface area contributed by atoms with Crippen LogP contribution in [0.25, 0.3) is 6.08 Å². The Labute approximate surface area is 131 Å². The van der Waals surface area contributed by atoms with Crippen molar-refractivity contribution >= 4 is 33.9 Å². The molecule has 2 aromatic rings. The third-order valence-electron chi connectivity index (χ3n) is 3.07. The molecule has 2 aromatic carbocycles. The molecule has 21 heavy (non-hydrogen) atoms. The van der Waals surface area contributed by atoms with Gasteiger partial charge in [0.25, 0.3) is 0 Å². The van der Waals surface area contributed by atoms with Crippen LogP contribution in [0.2, 0.25) is 0 Å². The minimum atomic E-state index is -0.425. The Balaban J connectivity index is 1.93. The molecule has 0 unspecified atom stereocenters. The van der Waals surface area contributed by atoms with E-state index in [1.807, 2.05) is 55.5 Å². The summed E-state index contributed by atoms with van der Waals surface area (Å²) in [6.07, 6.45) is 1.72. The Morgan fingerprint density at radius 3 is 2.62 bits per heavy atom. The van der Waals surface area contributed by atoms with Crippen molar-refractivity contribution in [2.45, 2.75) is 6.92 Å². The SMILES string of the molecule is Cc1ccc(C2=N/C(=C\c3cccc(Br)c3)C(=O)O2)cc1. The van der Waals surface area contributed by atoms with Crippen molar-refractivity contribution < 1.29 is 9.53 Å². The number of hydrogen-bond acceptors (Lipinski definition) is 3. The molecule has 0 radical (unpaired) electrons. The standard InChI is InChI=1S/C17H12BrNO2/c1-11-5-7-13(8-6-11)16-19-15(17(20)21-16)10-12-3-2-4-14(18)9-12/h2-10H,1H3/b15-10-. The van der Waals surface area contributed by atoms with Crippen LogP contribution in [-0.2, 0) is 9.53 Å². The Hall–Kier alpha value is -2.20. The molecule has 104 valence electrons. The van der Waals surface area contributed by atoms with Crippen LogP contribution in [-0.4, -0.2) is 11.9 Å². The number of aliphatic imine (C=N–C) groups is 1. The number of halogens is 1. The third kappa shape index (κ3) is 3.11. The number of carbonyl (C=O) groups excluding carboxylic acids is 1. The van der Waals surface area contributed by atoms with Crippen LogP contribution in [0.5, 0.6) is 0 Å². The summed E-state index contributed by atoms with van der Waals surface area (Å²) in [5.41, 5.74) is 3.15. The second-order valence-corrected chi connectivity index (χ2v) is 5.67. The van der Waals surface area contributed by atoms with Crippen molar-refractivity contribution in [3.05, 3.63) is 75.4 Å². The third-order valence-corrected chi connectivity index (χ3v) is 3.56. The van der Waals surface area contributed by atoms with Crippen molar-refractivity contribution in [1.82, 2.24) is 0 Å². The minimum absolute atomic E-state index is 0.309. The minimum Gasteiger partial charge on any atom is -0.402 e. The highest BCUT2D eigenvalue weighted by molar-refractivity contribution is 9.10. The molecule has 0 aromatic heterocycles. The van der Waals surface area contributed by atoms with Gasteiger partial charge in [-0.3, -0.25) is 0 Å². The molecule has 4 heteroatoms. The molecule has 0 spiro atoms. The number of hydrogen-bond donors (Lipinski definition) is 0. The van der Waals surface area contributed by atoms with Gasteiger partial charge in [0.15, 0.2) is 5.70 Å². The lowest BCUT2D eigenvalue weighted by molar-refractivity contribution is -0.129. The van der Waals surface area contributed by atoms with Gasteiger partial charge < -0.3 is 4.74 Å². The normalized spacial score (nSPS) is 16.0. The molecule has 0 saturated carbocycles. The lowest BCUT2D eigenvalue weighted by Crippen LogP contribution is -2.05. The molecule has 1 heterocycles. The van der Waals surface area contributed by atoms with Gasteiger partial charge in [-0.15, -0.1) is 0 Å². The lowest BCUT2D eigenvalue weighted by Gasteiger charge is -1.99. The number of benzene rings is 2. The number of cyclic esters (lactones) is 1. The molecule has 3 nitrogen and oxygen atoms in total. The zero-order valence-corrected chi connectivity index (χ0v) is 12.9. The fourth-order valence-corrected chi connectivity index (χ4v) is 2.40. The van der Waals surface area contributed by atoms with E-state index < -0.39 is 5.97 Å². The molecular formula is C17H12BrNO2. The van der Waals surface area contributed by atoms with Gasteiger partial charge in [-0.05, 0) is 42.8 Å². The molecular weight excluding hydrogens is 330 g/mol. The molecule has 0 atom stereocenters. The molecule has 3 rings (SSSR count). The average molecular weight is 342 g/mol. The van der Waals surface area contributed by atoms with E-state index in [0.29, 0.717) is 11.6 Å². The molecule has 0 saturated heterocycles. The van der Waals surface area contributed by atoms with Crippen LogP contribution in [0.1, 0.15) is 16.7 Å². The highest BCUT2D eigenvalue weighted by Crippen LogP contribution is 2.20. The number of rotatable bonds is 2. The van der Waals surface area contributed by atoms with Crippen molar-refractivity contribution in [3.63, 3.8) is 0 Å². The zero-order valence-electron chi connectivity index (χ0n) is 11.3. The maximum Gasteiger partial charge on any atom is 0.363 e. The first-order valence-corrected chi connectivity index (χ1v) is 7.26. The molecule has 0 amide bonds. The van der Waals surface area contributed by atoms with E-state index in [9.17, 15) is 4.79 Å². The van der Waals surface area contributed by atoms with E-state index in [1.165, 1.54) is 0 Å². The molecule has 1 aliphatic heterocycles. The van der Waals surface area contributed by atoms with E-state index in [4.69, 9.17) is 4.74 Å². The summed E-state index contributed by atoms with van der Waals surface area (Å²) < 4.78 is 6.18. The summed E-state index contributed by atoms with van der Waals surface area (Å²) in [6.45, 7) is 2.00. The van der Waals surface area contributed by atoms with Gasteiger partial charge in [-0.1, -0.05) is 45.8 Å². The smallest absolute Gasteiger partial charge is 0.363 e. The summed E-state index contributed by atoms with van der Waals surface area (Å²) in [5, 5.41) is 0. The van der Waals surface area contributed by atoms with Crippen LogP contribution in [0.15, 0.2) is 63.7 Å². The summed E-state index contributed by atoms with van der Waals surface area (Å²) >= 11 is 3.40. The summed E-state index contributed by atoms with van der Waals surface area (Å²) in [6, 6.07) is 15.4. The Morgan fingerprint density at radius 2 is 1.90 bits per heavy atom. The van der Waals surface area contributed by atoms with Gasteiger partial charge in [-0.2, -0.15) is 0 Å². The van der Waals surface area contributed by atoms with Crippen molar-refractivity contribution in [2.24, 2.45) is 4.99 Å². The molecule has 0 fully saturated rings. The second kappa shape index (κ2) is 5.66. The van der Waals surface area contributed by atoms with Crippen LogP contribution in [0.3, 0.4) is 0 Å². The highest BCUT2D eigenvalue weighted by Gasteiger charge is 2.23. The quantitative estimate of drug-likeness (QED) is 0.609. The van der Waals surface area contributed by atoms with E-state index in [1.54, 1.807) is 6.08 Å². The number of ether oxygens (including phenoxy) is 1. The summed E-state index contributed by atoms with van der Waals surface area (Å²) in [7, 11) is 0. The van der Waals surface area contributed by atoms with E-state index in [2.05, 4.69) is 20.9 Å². The predicted molar refractivity (Wildman–Crippen MR) is 85.9 cm³/mol. The van der Waals surface area contributed by atoms with Crippen molar-refractivity contribution in [3.8, 4) is 0 Å². The van der Waals surface area contributed by atoms with Crippen LogP contribution in [0.4, 0.5) is 0 Å². The number of carbonyl (C=O) groups is 1. The summed E-state index contributed by atoms with van der Waals surface area (Å²) in [5.74, 6) is -0.0770. The second-order valence-electron chi connectivity index (χ2n) is 4.76. The molecule has 1 aliphatic rings. The Morgan fingerprint density at radius 1 is 1.14 bits per heavy atom. The topological polar surface area (TPSA) is 38.7 Å². The van der Waals surface area contributed by atoms with E-state index >= 15 is 0 Å². The predicted octanol–water partition coefficient (Wildman–Crippen LogP) is 4.10. The first-order valence-electron chi connectivity index (χ1n) is 6.47. The van der Waals surface area contributed by atoms with Gasteiger partial charge in [0, 0.05) is 10.0 Å². The van der Waals surface area contributed by atoms with Crippen LogP contribution >= 0.6 is 15.9 Å². The first kappa shape index (κ1) is 13.8.